The third-order valence-corrected chi connectivity index (χ3v) is 13.8. The van der Waals surface area contributed by atoms with Gasteiger partial charge in [0.25, 0.3) is 5.91 Å². The predicted molar refractivity (Wildman–Crippen MR) is 300 cm³/mol. The zero-order valence-corrected chi connectivity index (χ0v) is 48.1. The Hall–Kier alpha value is -5.91. The van der Waals surface area contributed by atoms with Crippen molar-refractivity contribution in [3.05, 3.63) is 138 Å². The lowest BCUT2D eigenvalue weighted by atomic mass is 9.80. The standard InChI is InChI=1S/C64H92N2O8/c1-21-46(15)62(69)47(16)53(34-41(7)8)64(71)74-61(38-51-31-27-45(14)28-32-51)63(70)66(20)56(36-43(11)12)59(24-4)72-49(18)57(68)39-52(33-40(5)6)58(23-3)73-60(37-50-29-25-44(13)26-30-50)54(22-2)65(19)55(48(17)67)35-42(9)10/h21,25-32,40-43,46-47,49,52-53,55-56,60-61H,1-4,33-39H2,5-20H3/t46-,47?,49+,52+,53+,55-,56-,60+,61+/m0/s1. The number of likely N-dealkylation sites (N-methyl/N-ethyl adjacent to an activating group) is 2. The number of ether oxygens (including phenoxy) is 3. The fourth-order valence-electron chi connectivity index (χ4n) is 9.35. The largest absolute Gasteiger partial charge is 0.479 e. The van der Waals surface area contributed by atoms with Crippen molar-refractivity contribution in [1.82, 2.24) is 9.80 Å². The summed E-state index contributed by atoms with van der Waals surface area (Å²) in [4.78, 5) is 73.8. The molecular weight excluding hydrogens is 925 g/mol. The molecule has 0 spiro atoms. The van der Waals surface area contributed by atoms with E-state index in [4.69, 9.17) is 14.2 Å². The highest BCUT2D eigenvalue weighted by molar-refractivity contribution is 5.90. The molecule has 0 heterocycles. The number of benzene rings is 2. The van der Waals surface area contributed by atoms with Gasteiger partial charge in [0.2, 0.25) is 0 Å². The summed E-state index contributed by atoms with van der Waals surface area (Å²) in [5.41, 5.74) is 13.7. The first kappa shape index (κ1) is 64.2. The molecule has 0 aliphatic carbocycles. The number of hydrogen-bond acceptors (Lipinski definition) is 9. The maximum absolute atomic E-state index is 14.9. The first-order valence-corrected chi connectivity index (χ1v) is 26.7. The van der Waals surface area contributed by atoms with Crippen molar-refractivity contribution >= 4 is 29.2 Å². The van der Waals surface area contributed by atoms with Crippen molar-refractivity contribution in [2.45, 2.75) is 172 Å². The van der Waals surface area contributed by atoms with E-state index in [9.17, 15) is 24.0 Å². The Balaban J connectivity index is 2.58. The second kappa shape index (κ2) is 31.1. The predicted octanol–water partition coefficient (Wildman–Crippen LogP) is 12.9. The molecule has 1 amide bonds. The molecule has 0 saturated carbocycles. The lowest BCUT2D eigenvalue weighted by Gasteiger charge is -2.35. The van der Waals surface area contributed by atoms with Gasteiger partial charge in [-0.3, -0.25) is 24.0 Å². The molecule has 2 rings (SSSR count). The summed E-state index contributed by atoms with van der Waals surface area (Å²) in [6.45, 7) is 43.0. The van der Waals surface area contributed by atoms with Crippen molar-refractivity contribution in [3.8, 4) is 0 Å². The molecule has 0 radical (unpaired) electrons. The van der Waals surface area contributed by atoms with Gasteiger partial charge in [-0.25, -0.2) is 0 Å². The molecule has 0 aliphatic rings. The number of hydrogen-bond donors (Lipinski definition) is 0. The molecule has 0 aromatic heterocycles. The number of ketones is 3. The van der Waals surface area contributed by atoms with Crippen molar-refractivity contribution in [2.24, 2.45) is 47.3 Å². The van der Waals surface area contributed by atoms with Gasteiger partial charge in [-0.05, 0) is 88.2 Å². The summed E-state index contributed by atoms with van der Waals surface area (Å²) in [7, 11) is 3.51. The van der Waals surface area contributed by atoms with Gasteiger partial charge in [0.15, 0.2) is 35.6 Å². The molecule has 10 heteroatoms. The Morgan fingerprint density at radius 1 is 0.595 bits per heavy atom. The number of carbonyl (C=O) groups is 5. The third-order valence-electron chi connectivity index (χ3n) is 13.8. The van der Waals surface area contributed by atoms with Crippen LogP contribution in [-0.2, 0) is 51.0 Å². The van der Waals surface area contributed by atoms with E-state index in [1.54, 1.807) is 40.8 Å². The zero-order chi connectivity index (χ0) is 56.1. The fraction of sp³-hybridized carbons (Fsp3) is 0.562. The van der Waals surface area contributed by atoms with E-state index in [0.29, 0.717) is 43.6 Å². The minimum Gasteiger partial charge on any atom is -0.479 e. The molecule has 0 saturated heterocycles. The molecular formula is C64H92N2O8. The summed E-state index contributed by atoms with van der Waals surface area (Å²) in [6, 6.07) is 14.7. The van der Waals surface area contributed by atoms with Crippen molar-refractivity contribution in [3.63, 3.8) is 0 Å². The van der Waals surface area contributed by atoms with Crippen LogP contribution in [0.1, 0.15) is 137 Å². The lowest BCUT2D eigenvalue weighted by Crippen LogP contribution is -2.48. The van der Waals surface area contributed by atoms with Gasteiger partial charge >= 0.3 is 5.97 Å². The van der Waals surface area contributed by atoms with Crippen LogP contribution in [0.15, 0.2) is 115 Å². The third kappa shape index (κ3) is 20.1. The highest BCUT2D eigenvalue weighted by atomic mass is 16.5. The molecule has 0 bridgehead atoms. The number of allylic oxidation sites excluding steroid dienone is 2. The average molecular weight is 1020 g/mol. The number of carbonyl (C=O) groups excluding carboxylic acids is 5. The summed E-state index contributed by atoms with van der Waals surface area (Å²) < 4.78 is 19.7. The molecule has 406 valence electrons. The van der Waals surface area contributed by atoms with Crippen molar-refractivity contribution in [1.29, 1.82) is 0 Å². The number of aryl methyl sites for hydroxylation is 2. The number of amides is 1. The minimum absolute atomic E-state index is 0.0213. The van der Waals surface area contributed by atoms with Crippen LogP contribution in [0.25, 0.3) is 0 Å². The van der Waals surface area contributed by atoms with E-state index >= 15 is 0 Å². The Morgan fingerprint density at radius 3 is 1.50 bits per heavy atom. The summed E-state index contributed by atoms with van der Waals surface area (Å²) >= 11 is 0. The van der Waals surface area contributed by atoms with E-state index < -0.39 is 65.9 Å². The van der Waals surface area contributed by atoms with E-state index in [1.807, 2.05) is 102 Å². The lowest BCUT2D eigenvalue weighted by molar-refractivity contribution is -0.167. The van der Waals surface area contributed by atoms with E-state index in [1.165, 1.54) is 4.90 Å². The number of esters is 1. The van der Waals surface area contributed by atoms with Gasteiger partial charge in [0, 0.05) is 51.1 Å². The Morgan fingerprint density at radius 2 is 1.07 bits per heavy atom. The van der Waals surface area contributed by atoms with Crippen LogP contribution in [0.2, 0.25) is 0 Å². The molecule has 9 atom stereocenters. The maximum Gasteiger partial charge on any atom is 0.310 e. The van der Waals surface area contributed by atoms with Crippen LogP contribution < -0.4 is 0 Å². The molecule has 0 fully saturated rings. The number of Topliss-reactive ketones (excluding diaryl/α,β-unsaturated/α-hetero) is 3. The van der Waals surface area contributed by atoms with Crippen LogP contribution in [0, 0.1) is 61.2 Å². The first-order chi connectivity index (χ1) is 34.7. The number of nitrogens with zero attached hydrogens (tertiary/aromatic N) is 2. The second-order valence-corrected chi connectivity index (χ2v) is 22.2. The quantitative estimate of drug-likeness (QED) is 0.0298. The summed E-state index contributed by atoms with van der Waals surface area (Å²) in [6.07, 6.45) is 1.20. The van der Waals surface area contributed by atoms with Crippen LogP contribution >= 0.6 is 0 Å². The summed E-state index contributed by atoms with van der Waals surface area (Å²) in [5.74, 6) is -2.68. The van der Waals surface area contributed by atoms with Gasteiger partial charge in [-0.15, -0.1) is 12.3 Å². The molecule has 0 aliphatic heterocycles. The van der Waals surface area contributed by atoms with E-state index in [-0.39, 0.29) is 59.6 Å². The Labute approximate surface area is 446 Å². The monoisotopic (exact) mass is 1020 g/mol. The topological polar surface area (TPSA) is 120 Å². The maximum atomic E-state index is 14.9. The Bertz CT molecular complexity index is 2340. The first-order valence-electron chi connectivity index (χ1n) is 26.7. The van der Waals surface area contributed by atoms with Gasteiger partial charge in [0.05, 0.1) is 23.7 Å². The molecule has 10 nitrogen and oxygen atoms in total. The molecule has 0 N–H and O–H groups in total. The fourth-order valence-corrected chi connectivity index (χ4v) is 9.35. The van der Waals surface area contributed by atoms with Gasteiger partial charge < -0.3 is 24.0 Å². The smallest absolute Gasteiger partial charge is 0.310 e. The molecule has 1 unspecified atom stereocenters. The van der Waals surface area contributed by atoms with Crippen LogP contribution in [-0.4, -0.2) is 83.5 Å². The van der Waals surface area contributed by atoms with E-state index in [0.717, 1.165) is 22.3 Å². The van der Waals surface area contributed by atoms with Crippen molar-refractivity contribution < 1.29 is 38.2 Å². The molecule has 74 heavy (non-hydrogen) atoms. The average Bonchev–Trinajstić information content (AvgIpc) is 3.34. The van der Waals surface area contributed by atoms with Crippen LogP contribution in [0.4, 0.5) is 0 Å². The van der Waals surface area contributed by atoms with Crippen LogP contribution in [0.5, 0.6) is 0 Å². The highest BCUT2D eigenvalue weighted by Gasteiger charge is 2.39. The summed E-state index contributed by atoms with van der Waals surface area (Å²) in [5, 5.41) is 0. The van der Waals surface area contributed by atoms with Crippen LogP contribution in [0.3, 0.4) is 0 Å². The second-order valence-electron chi connectivity index (χ2n) is 22.2. The van der Waals surface area contributed by atoms with Gasteiger partial charge in [-0.1, -0.05) is 166 Å². The minimum atomic E-state index is -1.25. The van der Waals surface area contributed by atoms with E-state index in [2.05, 4.69) is 71.2 Å². The van der Waals surface area contributed by atoms with Gasteiger partial charge in [-0.2, -0.15) is 0 Å². The molecule has 2 aromatic rings. The zero-order valence-electron chi connectivity index (χ0n) is 48.1. The highest BCUT2D eigenvalue weighted by Crippen LogP contribution is 2.32. The van der Waals surface area contributed by atoms with Crippen molar-refractivity contribution in [2.75, 3.05) is 14.1 Å². The molecule has 2 aromatic carbocycles. The normalized spacial score (nSPS) is 14.9. The SMILES string of the molecule is C=C=C(O[C@H](Cc1ccc(C)cc1)C(=C=C)N(C)[C@@H](CC(C)C)C(C)=O)[C@@H](CC(=O)[C@@H](C)OC(=C=C)[C@H](CC(C)C)N(C)C(=O)[C@@H](Cc1ccc(C)cc1)OC(=O)[C@H](CC(C)C)C(C)C(=O)[C@@H](C)C=C)CC(C)C. The number of rotatable bonds is 33. The Kier molecular flexibility index (Phi) is 27.0. The van der Waals surface area contributed by atoms with Gasteiger partial charge in [0.1, 0.15) is 11.5 Å².